The molecule has 0 fully saturated rings. The molecule has 0 saturated carbocycles. The highest BCUT2D eigenvalue weighted by atomic mass is 32.2. The van der Waals surface area contributed by atoms with Gasteiger partial charge in [-0.2, -0.15) is 11.8 Å². The van der Waals surface area contributed by atoms with Gasteiger partial charge in [-0.3, -0.25) is 0 Å². The molecule has 156 valence electrons. The molecule has 0 aliphatic heterocycles. The van der Waals surface area contributed by atoms with E-state index in [4.69, 9.17) is 4.99 Å². The first-order valence-corrected chi connectivity index (χ1v) is 11.9. The normalized spacial score (nSPS) is 11.8. The van der Waals surface area contributed by atoms with Crippen LogP contribution in [0.1, 0.15) is 76.4 Å². The molecule has 0 bridgehead atoms. The van der Waals surface area contributed by atoms with E-state index in [9.17, 15) is 0 Å². The Balaban J connectivity index is 2.31. The van der Waals surface area contributed by atoms with E-state index in [1.807, 2.05) is 30.3 Å². The monoisotopic (exact) mass is 396 g/mol. The van der Waals surface area contributed by atoms with Crippen LogP contribution in [0.5, 0.6) is 0 Å². The molecule has 1 aromatic rings. The van der Waals surface area contributed by atoms with E-state index in [0.29, 0.717) is 6.54 Å². The number of hydrogen-bond acceptors (Lipinski definition) is 4. The van der Waals surface area contributed by atoms with E-state index in [0.717, 1.165) is 37.1 Å². The molecule has 0 aromatic carbocycles. The number of nitrogens with one attached hydrogen (secondary N) is 2. The number of hydrogen-bond donors (Lipinski definition) is 2. The maximum absolute atomic E-state index is 4.70. The molecule has 1 heterocycles. The van der Waals surface area contributed by atoms with E-state index in [1.165, 1.54) is 57.1 Å². The highest BCUT2D eigenvalue weighted by Crippen LogP contribution is 2.08. The Bertz CT molecular complexity index is 515. The van der Waals surface area contributed by atoms with E-state index >= 15 is 0 Å². The van der Waals surface area contributed by atoms with Gasteiger partial charge in [0.15, 0.2) is 11.8 Å². The lowest BCUT2D eigenvalue weighted by Gasteiger charge is -2.12. The molecule has 2 N–H and O–H groups in total. The van der Waals surface area contributed by atoms with E-state index in [2.05, 4.69) is 34.0 Å². The zero-order valence-corrected chi connectivity index (χ0v) is 18.7. The van der Waals surface area contributed by atoms with Gasteiger partial charge in [0.05, 0.1) is 0 Å². The number of rotatable bonds is 15. The van der Waals surface area contributed by atoms with Crippen molar-refractivity contribution in [2.24, 2.45) is 12.0 Å². The van der Waals surface area contributed by atoms with Crippen LogP contribution in [0.3, 0.4) is 0 Å². The number of guanidine groups is 1. The van der Waals surface area contributed by atoms with Gasteiger partial charge < -0.3 is 15.2 Å². The zero-order chi connectivity index (χ0) is 19.7. The molecule has 6 nitrogen and oxygen atoms in total. The zero-order valence-electron chi connectivity index (χ0n) is 17.9. The Labute approximate surface area is 170 Å². The minimum atomic E-state index is 0.548. The maximum atomic E-state index is 4.70. The second-order valence-electron chi connectivity index (χ2n) is 7.06. The Morgan fingerprint density at radius 1 is 0.963 bits per heavy atom. The number of thioether (sulfide) groups is 1. The van der Waals surface area contributed by atoms with Gasteiger partial charge in [-0.25, -0.2) is 4.99 Å². The van der Waals surface area contributed by atoms with Crippen LogP contribution in [-0.2, 0) is 13.6 Å². The summed E-state index contributed by atoms with van der Waals surface area (Å²) >= 11 is 1.88. The molecule has 0 aliphatic rings. The molecule has 0 saturated heterocycles. The topological polar surface area (TPSA) is 67.1 Å². The SMILES string of the molecule is CCCCCCCCCCNC(=NCc1nnc(C)n1C)NCCCSC. The molecule has 1 rings (SSSR count). The van der Waals surface area contributed by atoms with Crippen molar-refractivity contribution in [2.45, 2.75) is 78.2 Å². The third-order valence-corrected chi connectivity index (χ3v) is 5.40. The summed E-state index contributed by atoms with van der Waals surface area (Å²) in [6.07, 6.45) is 14.0. The second kappa shape index (κ2) is 15.8. The van der Waals surface area contributed by atoms with Crippen molar-refractivity contribution in [3.05, 3.63) is 11.6 Å². The van der Waals surface area contributed by atoms with Crippen LogP contribution >= 0.6 is 11.8 Å². The molecular formula is C20H40N6S. The van der Waals surface area contributed by atoms with Gasteiger partial charge in [-0.1, -0.05) is 51.9 Å². The standard InChI is InChI=1S/C20H40N6S/c1-5-6-7-8-9-10-11-12-14-21-20(22-15-13-16-27-4)23-17-19-25-24-18(2)26(19)3/h5-17H2,1-4H3,(H2,21,22,23). The summed E-state index contributed by atoms with van der Waals surface area (Å²) in [5.41, 5.74) is 0. The van der Waals surface area contributed by atoms with Crippen molar-refractivity contribution in [3.8, 4) is 0 Å². The molecular weight excluding hydrogens is 356 g/mol. The van der Waals surface area contributed by atoms with Crippen LogP contribution < -0.4 is 10.6 Å². The van der Waals surface area contributed by atoms with Crippen LogP contribution in [0.2, 0.25) is 0 Å². The Kier molecular flexibility index (Phi) is 13.9. The average Bonchev–Trinajstić information content (AvgIpc) is 2.99. The molecule has 7 heteroatoms. The number of aryl methyl sites for hydroxylation is 1. The number of unbranched alkanes of at least 4 members (excludes halogenated alkanes) is 7. The summed E-state index contributed by atoms with van der Waals surface area (Å²) in [7, 11) is 1.99. The Morgan fingerprint density at radius 3 is 2.19 bits per heavy atom. The molecule has 0 atom stereocenters. The first-order valence-electron chi connectivity index (χ1n) is 10.5. The summed E-state index contributed by atoms with van der Waals surface area (Å²) in [6, 6.07) is 0. The smallest absolute Gasteiger partial charge is 0.191 e. The van der Waals surface area contributed by atoms with Gasteiger partial charge >= 0.3 is 0 Å². The van der Waals surface area contributed by atoms with Crippen molar-refractivity contribution in [1.82, 2.24) is 25.4 Å². The van der Waals surface area contributed by atoms with Crippen LogP contribution in [0.15, 0.2) is 4.99 Å². The lowest BCUT2D eigenvalue weighted by Crippen LogP contribution is -2.38. The van der Waals surface area contributed by atoms with Crippen molar-refractivity contribution < 1.29 is 0 Å². The molecule has 1 aromatic heterocycles. The minimum Gasteiger partial charge on any atom is -0.356 e. The van der Waals surface area contributed by atoms with E-state index in [-0.39, 0.29) is 0 Å². The fourth-order valence-electron chi connectivity index (χ4n) is 2.80. The molecule has 0 amide bonds. The largest absolute Gasteiger partial charge is 0.356 e. The predicted octanol–water partition coefficient (Wildman–Crippen LogP) is 4.05. The lowest BCUT2D eigenvalue weighted by atomic mass is 10.1. The van der Waals surface area contributed by atoms with Crippen molar-refractivity contribution >= 4 is 17.7 Å². The predicted molar refractivity (Wildman–Crippen MR) is 118 cm³/mol. The molecule has 0 spiro atoms. The van der Waals surface area contributed by atoms with Crippen LogP contribution in [0.4, 0.5) is 0 Å². The fourth-order valence-corrected chi connectivity index (χ4v) is 3.23. The molecule has 27 heavy (non-hydrogen) atoms. The van der Waals surface area contributed by atoms with Gasteiger partial charge in [0.25, 0.3) is 0 Å². The third-order valence-electron chi connectivity index (χ3n) is 4.70. The Hall–Kier alpha value is -1.24. The van der Waals surface area contributed by atoms with Gasteiger partial charge in [-0.15, -0.1) is 10.2 Å². The van der Waals surface area contributed by atoms with Crippen molar-refractivity contribution in [3.63, 3.8) is 0 Å². The third kappa shape index (κ3) is 11.3. The molecule has 0 radical (unpaired) electrons. The number of nitrogens with zero attached hydrogens (tertiary/aromatic N) is 4. The second-order valence-corrected chi connectivity index (χ2v) is 8.05. The van der Waals surface area contributed by atoms with Gasteiger partial charge in [0.1, 0.15) is 12.4 Å². The summed E-state index contributed by atoms with van der Waals surface area (Å²) in [5, 5.41) is 15.2. The number of aromatic nitrogens is 3. The first-order chi connectivity index (χ1) is 13.2. The van der Waals surface area contributed by atoms with Crippen LogP contribution in [0.25, 0.3) is 0 Å². The molecule has 0 unspecified atom stereocenters. The van der Waals surface area contributed by atoms with Gasteiger partial charge in [-0.05, 0) is 31.8 Å². The highest BCUT2D eigenvalue weighted by Gasteiger charge is 2.05. The Morgan fingerprint density at radius 2 is 1.59 bits per heavy atom. The van der Waals surface area contributed by atoms with Gasteiger partial charge in [0, 0.05) is 20.1 Å². The molecule has 0 aliphatic carbocycles. The summed E-state index contributed by atoms with van der Waals surface area (Å²) in [5.74, 6) is 3.87. The van der Waals surface area contributed by atoms with Crippen molar-refractivity contribution in [2.75, 3.05) is 25.1 Å². The first kappa shape index (κ1) is 23.8. The summed E-state index contributed by atoms with van der Waals surface area (Å²) < 4.78 is 1.99. The minimum absolute atomic E-state index is 0.548. The number of aliphatic imine (C=N–C) groups is 1. The fraction of sp³-hybridized carbons (Fsp3) is 0.850. The quantitative estimate of drug-likeness (QED) is 0.266. The van der Waals surface area contributed by atoms with Crippen LogP contribution in [-0.4, -0.2) is 45.8 Å². The average molecular weight is 397 g/mol. The highest BCUT2D eigenvalue weighted by molar-refractivity contribution is 7.98. The van der Waals surface area contributed by atoms with E-state index in [1.54, 1.807) is 0 Å². The summed E-state index contributed by atoms with van der Waals surface area (Å²) in [6.45, 7) is 6.70. The van der Waals surface area contributed by atoms with E-state index < -0.39 is 0 Å². The summed E-state index contributed by atoms with van der Waals surface area (Å²) in [4.78, 5) is 4.70. The van der Waals surface area contributed by atoms with Gasteiger partial charge in [0.2, 0.25) is 0 Å². The van der Waals surface area contributed by atoms with Crippen molar-refractivity contribution in [1.29, 1.82) is 0 Å². The maximum Gasteiger partial charge on any atom is 0.191 e. The lowest BCUT2D eigenvalue weighted by molar-refractivity contribution is 0.571. The van der Waals surface area contributed by atoms with Crippen LogP contribution in [0, 0.1) is 6.92 Å².